The number of nitrogens with one attached hydrogen (secondary N) is 2. The molecule has 3 fully saturated rings. The van der Waals surface area contributed by atoms with Crippen LogP contribution in [0.1, 0.15) is 24.8 Å². The van der Waals surface area contributed by atoms with Crippen LogP contribution in [0, 0.1) is 18.7 Å². The predicted octanol–water partition coefficient (Wildman–Crippen LogP) is 2.69. The number of aromatic nitrogens is 1. The third-order valence-electron chi connectivity index (χ3n) is 5.46. The summed E-state index contributed by atoms with van der Waals surface area (Å²) < 4.78 is 37.2. The summed E-state index contributed by atoms with van der Waals surface area (Å²) in [4.78, 5) is 27.9. The first-order valence-electron chi connectivity index (χ1n) is 9.63. The van der Waals surface area contributed by atoms with E-state index in [1.54, 1.807) is 6.92 Å². The maximum atomic E-state index is 13.4. The summed E-state index contributed by atoms with van der Waals surface area (Å²) in [6.07, 6.45) is 3.07. The molecule has 1 aromatic heterocycles. The van der Waals surface area contributed by atoms with Crippen molar-refractivity contribution in [3.05, 3.63) is 52.8 Å². The molecule has 31 heavy (non-hydrogen) atoms. The van der Waals surface area contributed by atoms with Crippen LogP contribution in [-0.2, 0) is 9.59 Å². The van der Waals surface area contributed by atoms with Gasteiger partial charge in [-0.15, -0.1) is 0 Å². The van der Waals surface area contributed by atoms with E-state index in [0.29, 0.717) is 30.6 Å². The Bertz CT molecular complexity index is 950. The predicted molar refractivity (Wildman–Crippen MR) is 107 cm³/mol. The quantitative estimate of drug-likeness (QED) is 0.602. The van der Waals surface area contributed by atoms with Crippen LogP contribution in [0.3, 0.4) is 0 Å². The first-order chi connectivity index (χ1) is 14.7. The van der Waals surface area contributed by atoms with Crippen LogP contribution in [0.4, 0.5) is 8.78 Å². The highest BCUT2D eigenvalue weighted by Crippen LogP contribution is 2.60. The fourth-order valence-electron chi connectivity index (χ4n) is 4.19. The SMILES string of the molecule is Cc1cc(OCC(=O)NC23CC(NC(=O)COc4ccc(Cl)c(F)c4)(C2)C3)cnc1F. The van der Waals surface area contributed by atoms with E-state index < -0.39 is 11.8 Å². The summed E-state index contributed by atoms with van der Waals surface area (Å²) in [5.41, 5.74) is -0.358. The first kappa shape index (κ1) is 21.3. The van der Waals surface area contributed by atoms with Gasteiger partial charge >= 0.3 is 0 Å². The largest absolute Gasteiger partial charge is 0.484 e. The lowest BCUT2D eigenvalue weighted by molar-refractivity contribution is -0.151. The van der Waals surface area contributed by atoms with Crippen molar-refractivity contribution in [2.45, 2.75) is 37.3 Å². The molecule has 2 N–H and O–H groups in total. The van der Waals surface area contributed by atoms with Crippen LogP contribution in [-0.4, -0.2) is 41.1 Å². The van der Waals surface area contributed by atoms with Crippen LogP contribution in [0.25, 0.3) is 0 Å². The number of nitrogens with zero attached hydrogens (tertiary/aromatic N) is 1. The molecule has 0 unspecified atom stereocenters. The van der Waals surface area contributed by atoms with E-state index in [-0.39, 0.29) is 46.9 Å². The molecule has 1 heterocycles. The fourth-order valence-corrected chi connectivity index (χ4v) is 4.31. The molecule has 0 aliphatic heterocycles. The number of hydrogen-bond acceptors (Lipinski definition) is 5. The summed E-state index contributed by atoms with van der Waals surface area (Å²) in [5, 5.41) is 5.82. The molecule has 164 valence electrons. The van der Waals surface area contributed by atoms with Gasteiger partial charge in [-0.25, -0.2) is 9.37 Å². The van der Waals surface area contributed by atoms with Crippen LogP contribution in [0.2, 0.25) is 5.02 Å². The van der Waals surface area contributed by atoms with Gasteiger partial charge in [0.1, 0.15) is 17.3 Å². The lowest BCUT2D eigenvalue weighted by atomic mass is 9.44. The Labute approximate surface area is 182 Å². The lowest BCUT2D eigenvalue weighted by Crippen LogP contribution is -2.84. The smallest absolute Gasteiger partial charge is 0.258 e. The molecule has 0 saturated heterocycles. The maximum Gasteiger partial charge on any atom is 0.258 e. The fraction of sp³-hybridized carbons (Fsp3) is 0.381. The van der Waals surface area contributed by atoms with E-state index in [4.69, 9.17) is 21.1 Å². The van der Waals surface area contributed by atoms with E-state index in [1.165, 1.54) is 24.4 Å². The third kappa shape index (κ3) is 4.56. The normalized spacial score (nSPS) is 23.2. The van der Waals surface area contributed by atoms with Gasteiger partial charge in [0.05, 0.1) is 11.2 Å². The number of ether oxygens (including phenoxy) is 2. The molecule has 0 radical (unpaired) electrons. The summed E-state index contributed by atoms with van der Waals surface area (Å²) in [6.45, 7) is 1.10. The molecule has 0 atom stereocenters. The van der Waals surface area contributed by atoms with Gasteiger partial charge in [0.15, 0.2) is 13.2 Å². The molecular formula is C21H20ClF2N3O4. The van der Waals surface area contributed by atoms with Crippen molar-refractivity contribution in [2.24, 2.45) is 0 Å². The maximum absolute atomic E-state index is 13.4. The summed E-state index contributed by atoms with van der Waals surface area (Å²) in [7, 11) is 0. The molecule has 10 heteroatoms. The number of hydrogen-bond donors (Lipinski definition) is 2. The zero-order chi connectivity index (χ0) is 22.2. The van der Waals surface area contributed by atoms with Gasteiger partial charge < -0.3 is 20.1 Å². The number of carbonyl (C=O) groups is 2. The van der Waals surface area contributed by atoms with Crippen LogP contribution >= 0.6 is 11.6 Å². The van der Waals surface area contributed by atoms with Gasteiger partial charge in [-0.2, -0.15) is 4.39 Å². The minimum atomic E-state index is -0.619. The minimum absolute atomic E-state index is 0.0205. The lowest BCUT2D eigenvalue weighted by Gasteiger charge is -2.70. The Morgan fingerprint density at radius 3 is 2.16 bits per heavy atom. The summed E-state index contributed by atoms with van der Waals surface area (Å²) in [6, 6.07) is 5.43. The second kappa shape index (κ2) is 7.96. The van der Waals surface area contributed by atoms with E-state index in [2.05, 4.69) is 15.6 Å². The first-order valence-corrected chi connectivity index (χ1v) is 10.0. The van der Waals surface area contributed by atoms with E-state index in [1.807, 2.05) is 0 Å². The highest BCUT2D eigenvalue weighted by atomic mass is 35.5. The zero-order valence-corrected chi connectivity index (χ0v) is 17.4. The number of benzene rings is 1. The van der Waals surface area contributed by atoms with Crippen molar-refractivity contribution in [3.8, 4) is 11.5 Å². The van der Waals surface area contributed by atoms with E-state index in [9.17, 15) is 18.4 Å². The van der Waals surface area contributed by atoms with Crippen molar-refractivity contribution in [1.29, 1.82) is 0 Å². The molecule has 3 saturated carbocycles. The Hall–Kier alpha value is -2.94. The van der Waals surface area contributed by atoms with Gasteiger partial charge in [0.2, 0.25) is 5.95 Å². The highest BCUT2D eigenvalue weighted by molar-refractivity contribution is 6.30. The van der Waals surface area contributed by atoms with Crippen LogP contribution in [0.15, 0.2) is 30.5 Å². The minimum Gasteiger partial charge on any atom is -0.484 e. The van der Waals surface area contributed by atoms with Crippen molar-refractivity contribution < 1.29 is 27.8 Å². The summed E-state index contributed by atoms with van der Waals surface area (Å²) in [5.74, 6) is -1.29. The van der Waals surface area contributed by atoms with Gasteiger partial charge in [-0.1, -0.05) is 11.6 Å². The number of halogens is 3. The molecule has 5 rings (SSSR count). The van der Waals surface area contributed by atoms with E-state index >= 15 is 0 Å². The monoisotopic (exact) mass is 451 g/mol. The van der Waals surface area contributed by atoms with E-state index in [0.717, 1.165) is 6.07 Å². The Morgan fingerprint density at radius 2 is 1.61 bits per heavy atom. The molecule has 2 amide bonds. The molecular weight excluding hydrogens is 432 g/mol. The molecule has 2 aromatic rings. The van der Waals surface area contributed by atoms with Crippen molar-refractivity contribution in [1.82, 2.24) is 15.6 Å². The molecule has 7 nitrogen and oxygen atoms in total. The number of aryl methyl sites for hydroxylation is 1. The van der Waals surface area contributed by atoms with Crippen LogP contribution in [0.5, 0.6) is 11.5 Å². The van der Waals surface area contributed by atoms with Crippen molar-refractivity contribution in [3.63, 3.8) is 0 Å². The number of amides is 2. The number of carbonyl (C=O) groups excluding carboxylic acids is 2. The number of rotatable bonds is 8. The number of pyridine rings is 1. The van der Waals surface area contributed by atoms with Gasteiger partial charge in [0.25, 0.3) is 11.8 Å². The third-order valence-corrected chi connectivity index (χ3v) is 5.77. The molecule has 2 bridgehead atoms. The Morgan fingerprint density at radius 1 is 1.03 bits per heavy atom. The van der Waals surface area contributed by atoms with Crippen molar-refractivity contribution in [2.75, 3.05) is 13.2 Å². The molecule has 3 aliphatic carbocycles. The second-order valence-electron chi connectivity index (χ2n) is 8.12. The van der Waals surface area contributed by atoms with Gasteiger partial charge in [0, 0.05) is 22.7 Å². The Kier molecular flexibility index (Phi) is 5.47. The topological polar surface area (TPSA) is 89.6 Å². The van der Waals surface area contributed by atoms with Gasteiger partial charge in [-0.3, -0.25) is 9.59 Å². The van der Waals surface area contributed by atoms with Crippen LogP contribution < -0.4 is 20.1 Å². The average molecular weight is 452 g/mol. The zero-order valence-electron chi connectivity index (χ0n) is 16.6. The second-order valence-corrected chi connectivity index (χ2v) is 8.53. The molecule has 1 aromatic carbocycles. The van der Waals surface area contributed by atoms with Crippen molar-refractivity contribution >= 4 is 23.4 Å². The average Bonchev–Trinajstić information content (AvgIpc) is 2.67. The molecule has 3 aliphatic rings. The highest BCUT2D eigenvalue weighted by Gasteiger charge is 2.69. The Balaban J connectivity index is 1.17. The van der Waals surface area contributed by atoms with Gasteiger partial charge in [-0.05, 0) is 44.4 Å². The molecule has 0 spiro atoms. The summed E-state index contributed by atoms with van der Waals surface area (Å²) >= 11 is 5.61. The standard InChI is InChI=1S/C21H20ClF2N3O4/c1-12-4-14(6-25-19(12)24)31-8-18(29)27-21-9-20(10-21,11-21)26-17(28)7-30-13-2-3-15(22)16(23)5-13/h2-6H,7-11H2,1H3,(H,26,28)(H,27,29).